The second-order valence-corrected chi connectivity index (χ2v) is 19.4. The second kappa shape index (κ2) is 23.5. The Kier molecular flexibility index (Phi) is 15.9. The monoisotopic (exact) mass is 960 g/mol. The highest BCUT2D eigenvalue weighted by molar-refractivity contribution is 5.81. The average molecular weight is 960 g/mol. The van der Waals surface area contributed by atoms with Crippen LogP contribution in [-0.2, 0) is 0 Å². The van der Waals surface area contributed by atoms with E-state index < -0.39 is 0 Å². The van der Waals surface area contributed by atoms with Gasteiger partial charge in [-0.3, -0.25) is 0 Å². The number of hydrogen-bond acceptors (Lipinski definition) is 3. The number of aryl methyl sites for hydroxylation is 7. The van der Waals surface area contributed by atoms with Crippen molar-refractivity contribution in [1.29, 1.82) is 0 Å². The Labute approximate surface area is 440 Å². The molecule has 0 aromatic heterocycles. The SMILES string of the molecule is Cc1ccc(N(c2ccc(C)cc2)c2ccc(/C=C/c3ccc(/C=C/c4ccc(N(c5ccc(C)cc5)c5ccc(C)cc5)cc4)cc3)cc2)cc1.Cc1ccc(N(c2ccc(C)cc2)c2ccc(C)cc2)cc1. The largest absolute Gasteiger partial charge is 0.311 e. The first-order valence-corrected chi connectivity index (χ1v) is 25.5. The molecule has 0 aliphatic carbocycles. The van der Waals surface area contributed by atoms with Crippen LogP contribution in [-0.4, -0.2) is 0 Å². The van der Waals surface area contributed by atoms with Crippen LogP contribution in [0, 0.1) is 48.5 Å². The van der Waals surface area contributed by atoms with E-state index in [1.807, 2.05) is 0 Å². The van der Waals surface area contributed by atoms with E-state index in [4.69, 9.17) is 0 Å². The lowest BCUT2D eigenvalue weighted by Crippen LogP contribution is -2.09. The van der Waals surface area contributed by atoms with Gasteiger partial charge in [-0.25, -0.2) is 0 Å². The minimum absolute atomic E-state index is 1.13. The van der Waals surface area contributed by atoms with E-state index in [1.165, 1.54) is 67.1 Å². The molecule has 0 fully saturated rings. The van der Waals surface area contributed by atoms with Crippen molar-refractivity contribution >= 4 is 75.5 Å². The van der Waals surface area contributed by atoms with Gasteiger partial charge < -0.3 is 14.7 Å². The first-order valence-electron chi connectivity index (χ1n) is 25.5. The van der Waals surface area contributed by atoms with Gasteiger partial charge in [0.2, 0.25) is 0 Å². The molecule has 0 aliphatic heterocycles. The van der Waals surface area contributed by atoms with E-state index in [2.05, 4.69) is 330 Å². The van der Waals surface area contributed by atoms with Crippen molar-refractivity contribution in [2.45, 2.75) is 48.5 Å². The lowest BCUT2D eigenvalue weighted by Gasteiger charge is -2.25. The molecule has 0 unspecified atom stereocenters. The summed E-state index contributed by atoms with van der Waals surface area (Å²) in [7, 11) is 0. The Balaban J connectivity index is 0.000000254. The number of hydrogen-bond donors (Lipinski definition) is 0. The van der Waals surface area contributed by atoms with Crippen molar-refractivity contribution in [3.63, 3.8) is 0 Å². The van der Waals surface area contributed by atoms with Crippen molar-refractivity contribution in [1.82, 2.24) is 0 Å². The van der Waals surface area contributed by atoms with Crippen LogP contribution in [0.25, 0.3) is 24.3 Å². The third-order valence-corrected chi connectivity index (χ3v) is 13.2. The van der Waals surface area contributed by atoms with E-state index in [-0.39, 0.29) is 0 Å². The molecule has 0 saturated heterocycles. The molecular formula is C71H65N3. The third kappa shape index (κ3) is 12.9. The molecule has 0 N–H and O–H groups in total. The van der Waals surface area contributed by atoms with E-state index >= 15 is 0 Å². The molecule has 3 heteroatoms. The Morgan fingerprint density at radius 1 is 0.162 bits per heavy atom. The second-order valence-electron chi connectivity index (χ2n) is 19.4. The normalized spacial score (nSPS) is 11.1. The predicted molar refractivity (Wildman–Crippen MR) is 321 cm³/mol. The summed E-state index contributed by atoms with van der Waals surface area (Å²) < 4.78 is 0. The first kappa shape index (κ1) is 50.0. The van der Waals surface area contributed by atoms with Crippen molar-refractivity contribution in [2.24, 2.45) is 0 Å². The Morgan fingerprint density at radius 2 is 0.270 bits per heavy atom. The molecular weight excluding hydrogens is 895 g/mol. The molecule has 0 heterocycles. The van der Waals surface area contributed by atoms with Crippen molar-refractivity contribution in [3.8, 4) is 0 Å². The molecule has 0 saturated carbocycles. The zero-order valence-electron chi connectivity index (χ0n) is 43.7. The lowest BCUT2D eigenvalue weighted by atomic mass is 10.1. The van der Waals surface area contributed by atoms with Crippen LogP contribution in [0.1, 0.15) is 61.2 Å². The van der Waals surface area contributed by atoms with Gasteiger partial charge in [0.1, 0.15) is 0 Å². The van der Waals surface area contributed by atoms with Crippen LogP contribution >= 0.6 is 0 Å². The molecule has 10 aromatic carbocycles. The molecule has 10 aromatic rings. The van der Waals surface area contributed by atoms with Gasteiger partial charge in [-0.15, -0.1) is 0 Å². The molecule has 0 atom stereocenters. The third-order valence-electron chi connectivity index (χ3n) is 13.2. The maximum atomic E-state index is 2.30. The summed E-state index contributed by atoms with van der Waals surface area (Å²) in [4.78, 5) is 6.90. The zero-order chi connectivity index (χ0) is 51.4. The standard InChI is InChI=1S/C50H44N2.C21H21N/c1-37-5-25-45(26-6-37)51(46-27-7-38(2)8-28-46)49-33-21-43(22-34-49)19-17-41-13-15-42(16-14-41)18-20-44-23-35-50(36-24-44)52(47-29-9-39(3)10-30-47)48-31-11-40(4)12-32-48;1-16-4-10-19(11-5-16)22(20-12-6-17(2)7-13-20)21-14-8-18(3)9-15-21/h5-36H,1-4H3;4-15H,1-3H3/b19-17+,20-18+;. The van der Waals surface area contributed by atoms with Gasteiger partial charge in [0.05, 0.1) is 0 Å². The molecule has 3 nitrogen and oxygen atoms in total. The smallest absolute Gasteiger partial charge is 0.0462 e. The summed E-state index contributed by atoms with van der Waals surface area (Å²) in [6.07, 6.45) is 8.70. The summed E-state index contributed by atoms with van der Waals surface area (Å²) in [6, 6.07) is 87.0. The van der Waals surface area contributed by atoms with Crippen molar-refractivity contribution in [3.05, 3.63) is 304 Å². The zero-order valence-corrected chi connectivity index (χ0v) is 43.7. The summed E-state index contributed by atoms with van der Waals surface area (Å²) >= 11 is 0. The molecule has 0 amide bonds. The van der Waals surface area contributed by atoms with Gasteiger partial charge in [0, 0.05) is 51.2 Å². The Morgan fingerprint density at radius 3 is 0.405 bits per heavy atom. The fourth-order valence-corrected chi connectivity index (χ4v) is 8.77. The predicted octanol–water partition coefficient (Wildman–Crippen LogP) is 20.3. The number of nitrogens with zero attached hydrogens (tertiary/aromatic N) is 3. The fourth-order valence-electron chi connectivity index (χ4n) is 8.77. The summed E-state index contributed by atoms with van der Waals surface area (Å²) in [5.74, 6) is 0. The van der Waals surface area contributed by atoms with Gasteiger partial charge in [-0.1, -0.05) is 197 Å². The fraction of sp³-hybridized carbons (Fsp3) is 0.0986. The molecule has 10 rings (SSSR count). The van der Waals surface area contributed by atoms with Crippen molar-refractivity contribution < 1.29 is 0 Å². The van der Waals surface area contributed by atoms with Crippen LogP contribution < -0.4 is 14.7 Å². The minimum Gasteiger partial charge on any atom is -0.311 e. The number of benzene rings is 10. The minimum atomic E-state index is 1.13. The highest BCUT2D eigenvalue weighted by Gasteiger charge is 2.15. The highest BCUT2D eigenvalue weighted by atomic mass is 15.2. The Hall–Kier alpha value is -8.92. The number of anilines is 9. The Bertz CT molecular complexity index is 3040. The average Bonchev–Trinajstić information content (AvgIpc) is 3.42. The van der Waals surface area contributed by atoms with Crippen LogP contribution in [0.15, 0.2) is 243 Å². The molecule has 74 heavy (non-hydrogen) atoms. The van der Waals surface area contributed by atoms with Gasteiger partial charge in [-0.2, -0.15) is 0 Å². The lowest BCUT2D eigenvalue weighted by molar-refractivity contribution is 1.26. The molecule has 0 aliphatic rings. The molecule has 0 bridgehead atoms. The highest BCUT2D eigenvalue weighted by Crippen LogP contribution is 2.38. The van der Waals surface area contributed by atoms with Crippen LogP contribution in [0.4, 0.5) is 51.2 Å². The van der Waals surface area contributed by atoms with Crippen molar-refractivity contribution in [2.75, 3.05) is 14.7 Å². The molecule has 0 spiro atoms. The quantitative estimate of drug-likeness (QED) is 0.107. The molecule has 0 radical (unpaired) electrons. The number of rotatable bonds is 13. The van der Waals surface area contributed by atoms with Crippen LogP contribution in [0.5, 0.6) is 0 Å². The van der Waals surface area contributed by atoms with Gasteiger partial charge >= 0.3 is 0 Å². The molecule has 364 valence electrons. The maximum absolute atomic E-state index is 2.30. The summed E-state index contributed by atoms with van der Waals surface area (Å²) in [5.41, 5.74) is 23.9. The van der Waals surface area contributed by atoms with E-state index in [9.17, 15) is 0 Å². The van der Waals surface area contributed by atoms with E-state index in [1.54, 1.807) is 0 Å². The summed E-state index contributed by atoms with van der Waals surface area (Å²) in [5, 5.41) is 0. The first-order chi connectivity index (χ1) is 36.0. The van der Waals surface area contributed by atoms with Gasteiger partial charge in [0.25, 0.3) is 0 Å². The van der Waals surface area contributed by atoms with Crippen LogP contribution in [0.2, 0.25) is 0 Å². The topological polar surface area (TPSA) is 9.72 Å². The van der Waals surface area contributed by atoms with E-state index in [0.717, 1.165) is 45.3 Å². The van der Waals surface area contributed by atoms with Crippen LogP contribution in [0.3, 0.4) is 0 Å². The van der Waals surface area contributed by atoms with Gasteiger partial charge in [0.15, 0.2) is 0 Å². The van der Waals surface area contributed by atoms with E-state index in [0.29, 0.717) is 0 Å². The summed E-state index contributed by atoms with van der Waals surface area (Å²) in [6.45, 7) is 14.8. The van der Waals surface area contributed by atoms with Gasteiger partial charge in [-0.05, 0) is 180 Å². The maximum Gasteiger partial charge on any atom is 0.0462 e.